The summed E-state index contributed by atoms with van der Waals surface area (Å²) in [6.07, 6.45) is 5.06. The van der Waals surface area contributed by atoms with Crippen molar-refractivity contribution in [2.24, 2.45) is 0 Å². The van der Waals surface area contributed by atoms with E-state index >= 15 is 0 Å². The summed E-state index contributed by atoms with van der Waals surface area (Å²) in [6.45, 7) is 2.50. The van der Waals surface area contributed by atoms with Crippen LogP contribution in [0.5, 0.6) is 0 Å². The summed E-state index contributed by atoms with van der Waals surface area (Å²) in [6, 6.07) is 3.29. The van der Waals surface area contributed by atoms with Crippen molar-refractivity contribution in [2.45, 2.75) is 13.5 Å². The minimum Gasteiger partial charge on any atom is -0.364 e. The third kappa shape index (κ3) is 3.00. The Kier molecular flexibility index (Phi) is 3.68. The summed E-state index contributed by atoms with van der Waals surface area (Å²) in [5.74, 6) is -0.115. The standard InChI is InChI=1S/C12H11BrFN3/c1-8-5-15-3-2-9(8)6-16-12-11(14)4-10(13)7-17-12/h2-5,7H,6H2,1H3,(H,16,17). The largest absolute Gasteiger partial charge is 0.364 e. The maximum Gasteiger partial charge on any atom is 0.166 e. The first kappa shape index (κ1) is 12.0. The van der Waals surface area contributed by atoms with Crippen LogP contribution in [0.4, 0.5) is 10.2 Å². The van der Waals surface area contributed by atoms with Gasteiger partial charge in [0.25, 0.3) is 0 Å². The molecule has 17 heavy (non-hydrogen) atoms. The lowest BCUT2D eigenvalue weighted by molar-refractivity contribution is 0.623. The second-order valence-electron chi connectivity index (χ2n) is 3.64. The zero-order chi connectivity index (χ0) is 12.3. The molecule has 2 aromatic rings. The molecule has 0 fully saturated rings. The Morgan fingerprint density at radius 3 is 2.94 bits per heavy atom. The van der Waals surface area contributed by atoms with E-state index in [0.717, 1.165) is 11.1 Å². The SMILES string of the molecule is Cc1cnccc1CNc1ncc(Br)cc1F. The van der Waals surface area contributed by atoms with E-state index in [1.54, 1.807) is 18.6 Å². The number of halogens is 2. The van der Waals surface area contributed by atoms with Crippen LogP contribution in [0.3, 0.4) is 0 Å². The maximum atomic E-state index is 13.5. The van der Waals surface area contributed by atoms with Crippen LogP contribution in [0.15, 0.2) is 35.2 Å². The summed E-state index contributed by atoms with van der Waals surface area (Å²) in [4.78, 5) is 7.98. The molecule has 0 saturated carbocycles. The van der Waals surface area contributed by atoms with Gasteiger partial charge in [0.05, 0.1) is 0 Å². The predicted molar refractivity (Wildman–Crippen MR) is 68.2 cm³/mol. The lowest BCUT2D eigenvalue weighted by Gasteiger charge is -2.08. The Balaban J connectivity index is 2.10. The molecule has 2 heterocycles. The highest BCUT2D eigenvalue weighted by molar-refractivity contribution is 9.10. The molecule has 2 aromatic heterocycles. The third-order valence-corrected chi connectivity index (χ3v) is 2.82. The zero-order valence-electron chi connectivity index (χ0n) is 9.24. The fourth-order valence-corrected chi connectivity index (χ4v) is 1.73. The number of nitrogens with zero attached hydrogens (tertiary/aromatic N) is 2. The number of hydrogen-bond acceptors (Lipinski definition) is 3. The van der Waals surface area contributed by atoms with Gasteiger partial charge in [0.1, 0.15) is 0 Å². The van der Waals surface area contributed by atoms with Crippen LogP contribution in [-0.2, 0) is 6.54 Å². The van der Waals surface area contributed by atoms with Crippen molar-refractivity contribution in [1.29, 1.82) is 0 Å². The van der Waals surface area contributed by atoms with Gasteiger partial charge in [-0.3, -0.25) is 4.98 Å². The van der Waals surface area contributed by atoms with Gasteiger partial charge < -0.3 is 5.32 Å². The molecule has 0 aliphatic rings. The third-order valence-electron chi connectivity index (χ3n) is 2.39. The number of hydrogen-bond donors (Lipinski definition) is 1. The van der Waals surface area contributed by atoms with Crippen molar-refractivity contribution < 1.29 is 4.39 Å². The summed E-state index contributed by atoms with van der Waals surface area (Å²) >= 11 is 3.17. The quantitative estimate of drug-likeness (QED) is 0.944. The van der Waals surface area contributed by atoms with Crippen LogP contribution in [0.2, 0.25) is 0 Å². The molecule has 0 saturated heterocycles. The predicted octanol–water partition coefficient (Wildman–Crippen LogP) is 3.30. The molecule has 0 aliphatic carbocycles. The van der Waals surface area contributed by atoms with Gasteiger partial charge in [-0.25, -0.2) is 9.37 Å². The highest BCUT2D eigenvalue weighted by atomic mass is 79.9. The van der Waals surface area contributed by atoms with Gasteiger partial charge in [-0.2, -0.15) is 0 Å². The molecule has 88 valence electrons. The van der Waals surface area contributed by atoms with Crippen molar-refractivity contribution in [3.05, 3.63) is 52.1 Å². The Labute approximate surface area is 107 Å². The molecule has 0 aromatic carbocycles. The van der Waals surface area contributed by atoms with E-state index in [-0.39, 0.29) is 11.6 Å². The van der Waals surface area contributed by atoms with Crippen LogP contribution >= 0.6 is 15.9 Å². The molecule has 3 nitrogen and oxygen atoms in total. The first-order chi connectivity index (χ1) is 8.16. The summed E-state index contributed by atoms with van der Waals surface area (Å²) in [7, 11) is 0. The molecule has 0 radical (unpaired) electrons. The highest BCUT2D eigenvalue weighted by Gasteiger charge is 2.04. The number of nitrogens with one attached hydrogen (secondary N) is 1. The van der Waals surface area contributed by atoms with Gasteiger partial charge in [0.2, 0.25) is 0 Å². The first-order valence-electron chi connectivity index (χ1n) is 5.11. The monoisotopic (exact) mass is 295 g/mol. The number of pyridine rings is 2. The van der Waals surface area contributed by atoms with Crippen LogP contribution in [0, 0.1) is 12.7 Å². The second-order valence-corrected chi connectivity index (χ2v) is 4.56. The van der Waals surface area contributed by atoms with E-state index in [2.05, 4.69) is 31.2 Å². The normalized spacial score (nSPS) is 10.3. The van der Waals surface area contributed by atoms with E-state index in [4.69, 9.17) is 0 Å². The number of anilines is 1. The highest BCUT2D eigenvalue weighted by Crippen LogP contribution is 2.17. The Morgan fingerprint density at radius 1 is 1.41 bits per heavy atom. The molecule has 0 atom stereocenters. The van der Waals surface area contributed by atoms with Crippen molar-refractivity contribution in [1.82, 2.24) is 9.97 Å². The molecule has 0 amide bonds. The lowest BCUT2D eigenvalue weighted by atomic mass is 10.1. The fraction of sp³-hybridized carbons (Fsp3) is 0.167. The maximum absolute atomic E-state index is 13.5. The summed E-state index contributed by atoms with van der Waals surface area (Å²) in [5.41, 5.74) is 2.14. The summed E-state index contributed by atoms with van der Waals surface area (Å²) < 4.78 is 14.1. The molecule has 5 heteroatoms. The Morgan fingerprint density at radius 2 is 2.24 bits per heavy atom. The topological polar surface area (TPSA) is 37.8 Å². The van der Waals surface area contributed by atoms with Gasteiger partial charge in [-0.15, -0.1) is 0 Å². The molecular weight excluding hydrogens is 285 g/mol. The van der Waals surface area contributed by atoms with Gasteiger partial charge >= 0.3 is 0 Å². The van der Waals surface area contributed by atoms with E-state index < -0.39 is 0 Å². The number of aryl methyl sites for hydroxylation is 1. The second kappa shape index (κ2) is 5.23. The number of aromatic nitrogens is 2. The molecule has 0 unspecified atom stereocenters. The van der Waals surface area contributed by atoms with Crippen molar-refractivity contribution >= 4 is 21.7 Å². The lowest BCUT2D eigenvalue weighted by Crippen LogP contribution is -2.05. The minimum atomic E-state index is -0.369. The van der Waals surface area contributed by atoms with Crippen LogP contribution in [-0.4, -0.2) is 9.97 Å². The van der Waals surface area contributed by atoms with Crippen LogP contribution < -0.4 is 5.32 Å². The average Bonchev–Trinajstić information content (AvgIpc) is 2.30. The molecular formula is C12H11BrFN3. The van der Waals surface area contributed by atoms with Crippen LogP contribution in [0.25, 0.3) is 0 Å². The van der Waals surface area contributed by atoms with E-state index in [1.165, 1.54) is 6.07 Å². The van der Waals surface area contributed by atoms with Crippen molar-refractivity contribution in [3.63, 3.8) is 0 Å². The number of rotatable bonds is 3. The van der Waals surface area contributed by atoms with E-state index in [9.17, 15) is 4.39 Å². The Hall–Kier alpha value is -1.49. The Bertz CT molecular complexity index is 531. The van der Waals surface area contributed by atoms with Crippen molar-refractivity contribution in [3.8, 4) is 0 Å². The van der Waals surface area contributed by atoms with Crippen LogP contribution in [0.1, 0.15) is 11.1 Å². The molecule has 2 rings (SSSR count). The van der Waals surface area contributed by atoms with Gasteiger partial charge in [0.15, 0.2) is 11.6 Å². The zero-order valence-corrected chi connectivity index (χ0v) is 10.8. The molecule has 1 N–H and O–H groups in total. The minimum absolute atomic E-state index is 0.254. The molecule has 0 bridgehead atoms. The van der Waals surface area contributed by atoms with E-state index in [1.807, 2.05) is 13.0 Å². The smallest absolute Gasteiger partial charge is 0.166 e. The van der Waals surface area contributed by atoms with Crippen molar-refractivity contribution in [2.75, 3.05) is 5.32 Å². The average molecular weight is 296 g/mol. The van der Waals surface area contributed by atoms with Gasteiger partial charge in [-0.1, -0.05) is 0 Å². The molecule has 0 spiro atoms. The molecule has 0 aliphatic heterocycles. The summed E-state index contributed by atoms with van der Waals surface area (Å²) in [5, 5.41) is 2.96. The first-order valence-corrected chi connectivity index (χ1v) is 5.90. The van der Waals surface area contributed by atoms with Gasteiger partial charge in [0, 0.05) is 29.6 Å². The van der Waals surface area contributed by atoms with E-state index in [0.29, 0.717) is 11.0 Å². The fourth-order valence-electron chi connectivity index (χ4n) is 1.42. The van der Waals surface area contributed by atoms with Gasteiger partial charge in [-0.05, 0) is 46.1 Å².